The van der Waals surface area contributed by atoms with Crippen LogP contribution in [0.15, 0.2) is 36.4 Å². The van der Waals surface area contributed by atoms with E-state index >= 15 is 0 Å². The number of nitrogens with one attached hydrogen (secondary N) is 1. The average molecular weight is 253 g/mol. The molecule has 5 heteroatoms. The minimum absolute atomic E-state index is 0.683. The van der Waals surface area contributed by atoms with Gasteiger partial charge in [0.2, 0.25) is 0 Å². The molecule has 5 nitrogen and oxygen atoms in total. The number of imidazole rings is 1. The van der Waals surface area contributed by atoms with Crippen molar-refractivity contribution in [3.05, 3.63) is 47.9 Å². The number of benzene rings is 1. The molecule has 0 amide bonds. The monoisotopic (exact) mass is 253 g/mol. The maximum absolute atomic E-state index is 4.63. The lowest BCUT2D eigenvalue weighted by atomic mass is 10.3. The Kier molecular flexibility index (Phi) is 2.87. The lowest BCUT2D eigenvalue weighted by molar-refractivity contribution is 0.816. The highest BCUT2D eigenvalue weighted by atomic mass is 15.2. The fourth-order valence-electron chi connectivity index (χ4n) is 2.10. The molecule has 0 saturated heterocycles. The third kappa shape index (κ3) is 2.14. The highest BCUT2D eigenvalue weighted by Gasteiger charge is 2.08. The number of hydrogen-bond donors (Lipinski definition) is 1. The number of anilines is 1. The Morgan fingerprint density at radius 1 is 1.11 bits per heavy atom. The zero-order valence-corrected chi connectivity index (χ0v) is 11.0. The Morgan fingerprint density at radius 2 is 1.95 bits per heavy atom. The van der Waals surface area contributed by atoms with Crippen LogP contribution in [0.3, 0.4) is 0 Å². The molecular weight excluding hydrogens is 238 g/mol. The quantitative estimate of drug-likeness (QED) is 0.775. The van der Waals surface area contributed by atoms with E-state index in [0.717, 1.165) is 28.4 Å². The number of aryl methyl sites for hydroxylation is 1. The normalized spacial score (nSPS) is 10.8. The van der Waals surface area contributed by atoms with Gasteiger partial charge < -0.3 is 9.88 Å². The smallest absolute Gasteiger partial charge is 0.148 e. The van der Waals surface area contributed by atoms with Crippen molar-refractivity contribution in [1.29, 1.82) is 0 Å². The van der Waals surface area contributed by atoms with Crippen molar-refractivity contribution >= 4 is 16.9 Å². The van der Waals surface area contributed by atoms with Crippen LogP contribution in [0.25, 0.3) is 11.0 Å². The van der Waals surface area contributed by atoms with E-state index < -0.39 is 0 Å². The molecule has 0 atom stereocenters. The Hall–Kier alpha value is -2.43. The van der Waals surface area contributed by atoms with Crippen molar-refractivity contribution in [2.75, 3.05) is 12.4 Å². The number of nitrogens with zero attached hydrogens (tertiary/aromatic N) is 4. The first-order chi connectivity index (χ1) is 9.28. The molecule has 2 aromatic heterocycles. The predicted octanol–water partition coefficient (Wildman–Crippen LogP) is 2.00. The summed E-state index contributed by atoms with van der Waals surface area (Å²) >= 11 is 0. The molecule has 2 heterocycles. The fourth-order valence-corrected chi connectivity index (χ4v) is 2.10. The van der Waals surface area contributed by atoms with Crippen LogP contribution in [0.1, 0.15) is 11.5 Å². The van der Waals surface area contributed by atoms with Gasteiger partial charge in [-0.1, -0.05) is 12.1 Å². The second-order valence-electron chi connectivity index (χ2n) is 4.41. The molecule has 96 valence electrons. The van der Waals surface area contributed by atoms with Gasteiger partial charge in [0, 0.05) is 14.1 Å². The second-order valence-corrected chi connectivity index (χ2v) is 4.41. The van der Waals surface area contributed by atoms with Gasteiger partial charge in [-0.3, -0.25) is 0 Å². The van der Waals surface area contributed by atoms with E-state index in [9.17, 15) is 0 Å². The Labute approximate surface area is 111 Å². The lowest BCUT2D eigenvalue weighted by Gasteiger charge is -2.02. The molecule has 3 rings (SSSR count). The molecule has 19 heavy (non-hydrogen) atoms. The highest BCUT2D eigenvalue weighted by Crippen LogP contribution is 2.16. The molecule has 0 aliphatic carbocycles. The third-order valence-corrected chi connectivity index (χ3v) is 3.19. The molecule has 0 bridgehead atoms. The van der Waals surface area contributed by atoms with Crippen molar-refractivity contribution in [2.45, 2.75) is 6.42 Å². The van der Waals surface area contributed by atoms with Crippen LogP contribution in [0.2, 0.25) is 0 Å². The summed E-state index contributed by atoms with van der Waals surface area (Å²) in [4.78, 5) is 4.63. The minimum Gasteiger partial charge on any atom is -0.372 e. The maximum atomic E-state index is 4.63. The van der Waals surface area contributed by atoms with E-state index in [0.29, 0.717) is 6.42 Å². The van der Waals surface area contributed by atoms with Gasteiger partial charge in [-0.15, -0.1) is 5.10 Å². The van der Waals surface area contributed by atoms with E-state index in [-0.39, 0.29) is 0 Å². The second kappa shape index (κ2) is 4.68. The molecule has 0 radical (unpaired) electrons. The average Bonchev–Trinajstić information content (AvgIpc) is 2.77. The van der Waals surface area contributed by atoms with E-state index in [1.807, 2.05) is 44.4 Å². The van der Waals surface area contributed by atoms with Crippen LogP contribution < -0.4 is 5.32 Å². The van der Waals surface area contributed by atoms with E-state index in [1.165, 1.54) is 0 Å². The summed E-state index contributed by atoms with van der Waals surface area (Å²) in [5.74, 6) is 1.77. The minimum atomic E-state index is 0.683. The van der Waals surface area contributed by atoms with Crippen molar-refractivity contribution < 1.29 is 0 Å². The predicted molar refractivity (Wildman–Crippen MR) is 75.1 cm³/mol. The van der Waals surface area contributed by atoms with Gasteiger partial charge in [-0.2, -0.15) is 5.10 Å². The zero-order chi connectivity index (χ0) is 13.2. The number of rotatable bonds is 3. The number of aromatic nitrogens is 4. The largest absolute Gasteiger partial charge is 0.372 e. The summed E-state index contributed by atoms with van der Waals surface area (Å²) in [5.41, 5.74) is 3.06. The van der Waals surface area contributed by atoms with Gasteiger partial charge in [-0.25, -0.2) is 4.98 Å². The van der Waals surface area contributed by atoms with Gasteiger partial charge in [0.05, 0.1) is 23.1 Å². The van der Waals surface area contributed by atoms with Crippen LogP contribution in [0, 0.1) is 0 Å². The van der Waals surface area contributed by atoms with Crippen LogP contribution in [-0.4, -0.2) is 26.8 Å². The summed E-state index contributed by atoms with van der Waals surface area (Å²) in [5, 5.41) is 11.2. The molecule has 0 saturated carbocycles. The summed E-state index contributed by atoms with van der Waals surface area (Å²) in [6, 6.07) is 12.0. The Bertz CT molecular complexity index is 699. The number of hydrogen-bond acceptors (Lipinski definition) is 4. The Morgan fingerprint density at radius 3 is 2.63 bits per heavy atom. The van der Waals surface area contributed by atoms with Gasteiger partial charge >= 0.3 is 0 Å². The summed E-state index contributed by atoms with van der Waals surface area (Å²) in [6.45, 7) is 0. The van der Waals surface area contributed by atoms with Crippen LogP contribution in [0.4, 0.5) is 5.82 Å². The lowest BCUT2D eigenvalue weighted by Crippen LogP contribution is -2.03. The van der Waals surface area contributed by atoms with Crippen molar-refractivity contribution in [2.24, 2.45) is 7.05 Å². The molecule has 1 aromatic carbocycles. The third-order valence-electron chi connectivity index (χ3n) is 3.19. The van der Waals surface area contributed by atoms with Gasteiger partial charge in [0.15, 0.2) is 0 Å². The molecule has 3 aromatic rings. The molecule has 0 aliphatic heterocycles. The molecule has 1 N–H and O–H groups in total. The Balaban J connectivity index is 1.94. The molecule has 0 aliphatic rings. The van der Waals surface area contributed by atoms with Crippen LogP contribution in [-0.2, 0) is 13.5 Å². The standard InChI is InChI=1S/C14H15N5/c1-15-13-8-7-10(17-18-13)9-14-16-11-5-3-4-6-12(11)19(14)2/h3-8H,9H2,1-2H3,(H,15,18). The highest BCUT2D eigenvalue weighted by molar-refractivity contribution is 5.75. The zero-order valence-electron chi connectivity index (χ0n) is 11.0. The topological polar surface area (TPSA) is 55.6 Å². The first-order valence-corrected chi connectivity index (χ1v) is 6.18. The first-order valence-electron chi connectivity index (χ1n) is 6.18. The van der Waals surface area contributed by atoms with Crippen molar-refractivity contribution in [3.8, 4) is 0 Å². The molecular formula is C14H15N5. The molecule has 0 spiro atoms. The summed E-state index contributed by atoms with van der Waals surface area (Å²) in [7, 11) is 3.86. The van der Waals surface area contributed by atoms with Gasteiger partial charge in [0.1, 0.15) is 11.6 Å². The van der Waals surface area contributed by atoms with Crippen LogP contribution in [0.5, 0.6) is 0 Å². The van der Waals surface area contributed by atoms with Crippen molar-refractivity contribution in [3.63, 3.8) is 0 Å². The van der Waals surface area contributed by atoms with Crippen LogP contribution >= 0.6 is 0 Å². The van der Waals surface area contributed by atoms with E-state index in [4.69, 9.17) is 0 Å². The summed E-state index contributed by atoms with van der Waals surface area (Å²) in [6.07, 6.45) is 0.683. The number of fused-ring (bicyclic) bond motifs is 1. The van der Waals surface area contributed by atoms with E-state index in [1.54, 1.807) is 0 Å². The summed E-state index contributed by atoms with van der Waals surface area (Å²) < 4.78 is 2.10. The molecule has 0 unspecified atom stereocenters. The van der Waals surface area contributed by atoms with Gasteiger partial charge in [-0.05, 0) is 24.3 Å². The molecule has 0 fully saturated rings. The number of para-hydroxylation sites is 2. The first kappa shape index (κ1) is 11.6. The SMILES string of the molecule is CNc1ccc(Cc2nc3ccccc3n2C)nn1. The fraction of sp³-hybridized carbons (Fsp3) is 0.214. The maximum Gasteiger partial charge on any atom is 0.148 e. The van der Waals surface area contributed by atoms with Gasteiger partial charge in [0.25, 0.3) is 0 Å². The van der Waals surface area contributed by atoms with E-state index in [2.05, 4.69) is 31.1 Å². The van der Waals surface area contributed by atoms with Crippen molar-refractivity contribution in [1.82, 2.24) is 19.7 Å².